The molecule has 24 heavy (non-hydrogen) atoms. The van der Waals surface area contributed by atoms with E-state index in [1.165, 1.54) is 12.1 Å². The zero-order valence-corrected chi connectivity index (χ0v) is 14.1. The van der Waals surface area contributed by atoms with Crippen molar-refractivity contribution in [3.63, 3.8) is 0 Å². The minimum atomic E-state index is -0.900. The molecule has 4 nitrogen and oxygen atoms in total. The van der Waals surface area contributed by atoms with Crippen molar-refractivity contribution in [1.29, 1.82) is 0 Å². The van der Waals surface area contributed by atoms with Crippen LogP contribution < -0.4 is 5.32 Å². The van der Waals surface area contributed by atoms with Gasteiger partial charge in [0, 0.05) is 5.02 Å². The molecule has 2 rings (SSSR count). The van der Waals surface area contributed by atoms with Crippen LogP contribution in [-0.4, -0.2) is 18.5 Å². The number of amides is 1. The average molecular weight is 350 g/mol. The number of hydrogen-bond donors (Lipinski definition) is 1. The average Bonchev–Trinajstić information content (AvgIpc) is 2.56. The quantitative estimate of drug-likeness (QED) is 0.832. The Hall–Kier alpha value is -2.40. The van der Waals surface area contributed by atoms with Crippen molar-refractivity contribution >= 4 is 29.2 Å². The number of carbonyl (C=O) groups excluding carboxylic acids is 2. The van der Waals surface area contributed by atoms with Gasteiger partial charge < -0.3 is 10.1 Å². The minimum Gasteiger partial charge on any atom is -0.455 e. The maximum atomic E-state index is 13.6. The van der Waals surface area contributed by atoms with Gasteiger partial charge in [0.2, 0.25) is 0 Å². The van der Waals surface area contributed by atoms with Gasteiger partial charge in [-0.2, -0.15) is 0 Å². The Bertz CT molecular complexity index is 747. The number of nitrogens with one attached hydrogen (secondary N) is 1. The molecule has 126 valence electrons. The normalized spacial score (nSPS) is 11.0. The molecule has 0 unspecified atom stereocenters. The molecule has 1 amide bonds. The summed E-state index contributed by atoms with van der Waals surface area (Å²) in [6, 6.07) is 12.9. The summed E-state index contributed by atoms with van der Waals surface area (Å²) in [4.78, 5) is 24.1. The first-order valence-electron chi connectivity index (χ1n) is 7.28. The second-order valence-corrected chi connectivity index (χ2v) is 6.18. The van der Waals surface area contributed by atoms with Gasteiger partial charge in [0.25, 0.3) is 5.91 Å². The molecule has 0 aliphatic heterocycles. The molecule has 6 heteroatoms. The fraction of sp³-hybridized carbons (Fsp3) is 0.222. The van der Waals surface area contributed by atoms with E-state index in [2.05, 4.69) is 5.32 Å². The second kappa shape index (κ2) is 7.45. The Morgan fingerprint density at radius 3 is 2.50 bits per heavy atom. The van der Waals surface area contributed by atoms with Crippen molar-refractivity contribution in [2.24, 2.45) is 0 Å². The summed E-state index contributed by atoms with van der Waals surface area (Å²) in [6.07, 6.45) is 0. The van der Waals surface area contributed by atoms with Gasteiger partial charge in [-0.3, -0.25) is 9.59 Å². The Labute approximate surface area is 144 Å². The van der Waals surface area contributed by atoms with Crippen molar-refractivity contribution in [3.8, 4) is 0 Å². The summed E-state index contributed by atoms with van der Waals surface area (Å²) in [5.41, 5.74) is -0.190. The third-order valence-corrected chi connectivity index (χ3v) is 3.78. The van der Waals surface area contributed by atoms with Gasteiger partial charge in [-0.1, -0.05) is 41.9 Å². The van der Waals surface area contributed by atoms with Crippen LogP contribution in [0.15, 0.2) is 48.5 Å². The smallest absolute Gasteiger partial charge is 0.316 e. The number of benzene rings is 2. The lowest BCUT2D eigenvalue weighted by atomic mass is 9.85. The Morgan fingerprint density at radius 2 is 1.83 bits per heavy atom. The van der Waals surface area contributed by atoms with E-state index in [1.807, 2.05) is 30.3 Å². The van der Waals surface area contributed by atoms with E-state index >= 15 is 0 Å². The molecule has 0 saturated carbocycles. The maximum absolute atomic E-state index is 13.6. The fourth-order valence-electron chi connectivity index (χ4n) is 2.06. The summed E-state index contributed by atoms with van der Waals surface area (Å²) >= 11 is 5.75. The Balaban J connectivity index is 1.96. The van der Waals surface area contributed by atoms with Gasteiger partial charge >= 0.3 is 5.97 Å². The van der Waals surface area contributed by atoms with Crippen LogP contribution in [0.2, 0.25) is 5.02 Å². The predicted octanol–water partition coefficient (Wildman–Crippen LogP) is 3.94. The molecule has 0 spiro atoms. The molecule has 0 bridgehead atoms. The summed E-state index contributed by atoms with van der Waals surface area (Å²) in [5.74, 6) is -1.81. The lowest BCUT2D eigenvalue weighted by Gasteiger charge is -2.22. The number of anilines is 1. The van der Waals surface area contributed by atoms with Crippen molar-refractivity contribution in [2.75, 3.05) is 11.9 Å². The van der Waals surface area contributed by atoms with Crippen LogP contribution in [0.25, 0.3) is 0 Å². The van der Waals surface area contributed by atoms with Gasteiger partial charge in [0.15, 0.2) is 6.61 Å². The van der Waals surface area contributed by atoms with Crippen molar-refractivity contribution < 1.29 is 18.7 Å². The topological polar surface area (TPSA) is 55.4 Å². The molecule has 0 saturated heterocycles. The van der Waals surface area contributed by atoms with Crippen LogP contribution in [0.5, 0.6) is 0 Å². The summed E-state index contributed by atoms with van der Waals surface area (Å²) in [5, 5.41) is 2.61. The molecule has 0 aliphatic carbocycles. The monoisotopic (exact) mass is 349 g/mol. The van der Waals surface area contributed by atoms with Crippen molar-refractivity contribution in [1.82, 2.24) is 0 Å². The largest absolute Gasteiger partial charge is 0.455 e. The molecule has 2 aromatic carbocycles. The highest BCUT2D eigenvalue weighted by atomic mass is 35.5. The first-order chi connectivity index (χ1) is 11.3. The maximum Gasteiger partial charge on any atom is 0.316 e. The molecular weight excluding hydrogens is 333 g/mol. The van der Waals surface area contributed by atoms with E-state index in [4.69, 9.17) is 16.3 Å². The molecule has 0 fully saturated rings. The van der Waals surface area contributed by atoms with Crippen LogP contribution in [0.1, 0.15) is 19.4 Å². The number of ether oxygens (including phenoxy) is 1. The van der Waals surface area contributed by atoms with E-state index in [1.54, 1.807) is 13.8 Å². The molecule has 2 aromatic rings. The first-order valence-corrected chi connectivity index (χ1v) is 7.66. The summed E-state index contributed by atoms with van der Waals surface area (Å²) < 4.78 is 18.6. The molecule has 0 aromatic heterocycles. The number of halogens is 2. The first kappa shape index (κ1) is 17.9. The van der Waals surface area contributed by atoms with Gasteiger partial charge in [-0.15, -0.1) is 0 Å². The van der Waals surface area contributed by atoms with Gasteiger partial charge in [-0.25, -0.2) is 4.39 Å². The van der Waals surface area contributed by atoms with Crippen LogP contribution in [0, 0.1) is 5.82 Å². The van der Waals surface area contributed by atoms with Crippen molar-refractivity contribution in [3.05, 3.63) is 64.9 Å². The second-order valence-electron chi connectivity index (χ2n) is 5.74. The number of carbonyl (C=O) groups is 2. The Kier molecular flexibility index (Phi) is 5.57. The van der Waals surface area contributed by atoms with Crippen LogP contribution >= 0.6 is 11.6 Å². The van der Waals surface area contributed by atoms with Gasteiger partial charge in [0.1, 0.15) is 5.82 Å². The van der Waals surface area contributed by atoms with E-state index in [0.717, 1.165) is 11.6 Å². The lowest BCUT2D eigenvalue weighted by molar-refractivity contribution is -0.152. The molecule has 1 N–H and O–H groups in total. The number of rotatable bonds is 5. The lowest BCUT2D eigenvalue weighted by Crippen LogP contribution is -2.33. The highest BCUT2D eigenvalue weighted by Gasteiger charge is 2.31. The predicted molar refractivity (Wildman–Crippen MR) is 90.5 cm³/mol. The standard InChI is InChI=1S/C18H17ClFNO3/c1-18(2,12-6-4-3-5-7-12)17(23)24-11-16(22)21-15-10-13(19)8-9-14(15)20/h3-10H,11H2,1-2H3,(H,21,22). The van der Waals surface area contributed by atoms with Crippen LogP contribution in [-0.2, 0) is 19.7 Å². The zero-order valence-electron chi connectivity index (χ0n) is 13.3. The molecule has 0 heterocycles. The van der Waals surface area contributed by atoms with E-state index in [0.29, 0.717) is 0 Å². The molecular formula is C18H17ClFNO3. The molecule has 0 aliphatic rings. The van der Waals surface area contributed by atoms with E-state index in [9.17, 15) is 14.0 Å². The van der Waals surface area contributed by atoms with Crippen molar-refractivity contribution in [2.45, 2.75) is 19.3 Å². The van der Waals surface area contributed by atoms with E-state index < -0.39 is 29.7 Å². The SMILES string of the molecule is CC(C)(C(=O)OCC(=O)Nc1cc(Cl)ccc1F)c1ccccc1. The summed E-state index contributed by atoms with van der Waals surface area (Å²) in [7, 11) is 0. The zero-order chi connectivity index (χ0) is 17.7. The minimum absolute atomic E-state index is 0.0640. The van der Waals surface area contributed by atoms with Gasteiger partial charge in [-0.05, 0) is 37.6 Å². The van der Waals surface area contributed by atoms with Crippen LogP contribution in [0.3, 0.4) is 0 Å². The Morgan fingerprint density at radius 1 is 1.17 bits per heavy atom. The van der Waals surface area contributed by atoms with Gasteiger partial charge in [0.05, 0.1) is 11.1 Å². The van der Waals surface area contributed by atoms with Crippen LogP contribution in [0.4, 0.5) is 10.1 Å². The third kappa shape index (κ3) is 4.32. The highest BCUT2D eigenvalue weighted by molar-refractivity contribution is 6.30. The molecule has 0 atom stereocenters. The molecule has 0 radical (unpaired) electrons. The van der Waals surface area contributed by atoms with E-state index in [-0.39, 0.29) is 10.7 Å². The summed E-state index contributed by atoms with van der Waals surface area (Å²) in [6.45, 7) is 2.90. The number of hydrogen-bond acceptors (Lipinski definition) is 3. The highest BCUT2D eigenvalue weighted by Crippen LogP contribution is 2.24. The fourth-order valence-corrected chi connectivity index (χ4v) is 2.24. The third-order valence-electron chi connectivity index (χ3n) is 3.54. The number of esters is 1.